The van der Waals surface area contributed by atoms with Crippen LogP contribution < -0.4 is 0 Å². The predicted octanol–water partition coefficient (Wildman–Crippen LogP) is 2.16. The molecule has 1 amide bonds. The van der Waals surface area contributed by atoms with Crippen molar-refractivity contribution in [2.24, 2.45) is 5.92 Å². The number of amides is 1. The van der Waals surface area contributed by atoms with E-state index in [1.807, 2.05) is 17.0 Å². The van der Waals surface area contributed by atoms with Gasteiger partial charge in [-0.1, -0.05) is 0 Å². The van der Waals surface area contributed by atoms with Gasteiger partial charge in [-0.15, -0.1) is 0 Å². The Morgan fingerprint density at radius 1 is 1.33 bits per heavy atom. The maximum Gasteiger partial charge on any atom is 0.257 e. The molecule has 1 saturated heterocycles. The van der Waals surface area contributed by atoms with E-state index in [0.29, 0.717) is 17.3 Å². The summed E-state index contributed by atoms with van der Waals surface area (Å²) < 4.78 is 4.99. The maximum absolute atomic E-state index is 12.3. The van der Waals surface area contributed by atoms with E-state index in [-0.39, 0.29) is 5.91 Å². The standard InChI is InChI=1S/C17H17N5O2/c23-17(14-4-8-24-11-14)22-7-3-12(10-22)9-15-19-16(21-20-15)13-1-5-18-6-2-13/h1-2,4-6,8,11-12H,3,7,9-10H2,(H,19,20,21). The summed E-state index contributed by atoms with van der Waals surface area (Å²) in [5.74, 6) is 1.95. The lowest BCUT2D eigenvalue weighted by Crippen LogP contribution is -2.28. The van der Waals surface area contributed by atoms with Crippen molar-refractivity contribution in [3.8, 4) is 11.4 Å². The average molecular weight is 323 g/mol. The van der Waals surface area contributed by atoms with E-state index in [0.717, 1.165) is 37.3 Å². The molecule has 3 aromatic heterocycles. The van der Waals surface area contributed by atoms with E-state index in [1.54, 1.807) is 18.5 Å². The van der Waals surface area contributed by atoms with Crippen molar-refractivity contribution < 1.29 is 9.21 Å². The van der Waals surface area contributed by atoms with Crippen molar-refractivity contribution in [3.63, 3.8) is 0 Å². The van der Waals surface area contributed by atoms with E-state index >= 15 is 0 Å². The summed E-state index contributed by atoms with van der Waals surface area (Å²) in [6.07, 6.45) is 8.22. The minimum atomic E-state index is 0.0290. The molecule has 1 N–H and O–H groups in total. The number of hydrogen-bond acceptors (Lipinski definition) is 5. The van der Waals surface area contributed by atoms with Crippen LogP contribution in [0.3, 0.4) is 0 Å². The number of H-pyrrole nitrogens is 1. The van der Waals surface area contributed by atoms with Crippen LogP contribution in [0, 0.1) is 5.92 Å². The monoisotopic (exact) mass is 323 g/mol. The molecule has 0 saturated carbocycles. The number of aromatic amines is 1. The Morgan fingerprint density at radius 3 is 3.00 bits per heavy atom. The number of furan rings is 1. The number of hydrogen-bond donors (Lipinski definition) is 1. The average Bonchev–Trinajstić information content (AvgIpc) is 3.37. The molecule has 0 radical (unpaired) electrons. The zero-order chi connectivity index (χ0) is 16.4. The SMILES string of the molecule is O=C(c1ccoc1)N1CCC(Cc2nc(-c3ccncc3)n[nH]2)C1. The van der Waals surface area contributed by atoms with Crippen LogP contribution in [0.1, 0.15) is 22.6 Å². The van der Waals surface area contributed by atoms with Crippen LogP contribution in [-0.2, 0) is 6.42 Å². The number of nitrogens with zero attached hydrogens (tertiary/aromatic N) is 4. The second-order valence-corrected chi connectivity index (χ2v) is 5.96. The highest BCUT2D eigenvalue weighted by atomic mass is 16.3. The second kappa shape index (κ2) is 6.27. The highest BCUT2D eigenvalue weighted by molar-refractivity contribution is 5.94. The van der Waals surface area contributed by atoms with E-state index in [1.165, 1.54) is 12.5 Å². The van der Waals surface area contributed by atoms with Gasteiger partial charge < -0.3 is 9.32 Å². The summed E-state index contributed by atoms with van der Waals surface area (Å²) in [5, 5.41) is 7.27. The van der Waals surface area contributed by atoms with Gasteiger partial charge in [0.15, 0.2) is 5.82 Å². The quantitative estimate of drug-likeness (QED) is 0.795. The fourth-order valence-electron chi connectivity index (χ4n) is 3.04. The number of rotatable bonds is 4. The van der Waals surface area contributed by atoms with Crippen LogP contribution in [0.25, 0.3) is 11.4 Å². The molecule has 4 heterocycles. The Balaban J connectivity index is 1.39. The summed E-state index contributed by atoms with van der Waals surface area (Å²) in [4.78, 5) is 22.7. The van der Waals surface area contributed by atoms with Gasteiger partial charge in [-0.05, 0) is 30.5 Å². The van der Waals surface area contributed by atoms with Gasteiger partial charge in [0, 0.05) is 37.5 Å². The van der Waals surface area contributed by atoms with Crippen molar-refractivity contribution in [1.82, 2.24) is 25.1 Å². The molecule has 1 atom stereocenters. The first-order chi connectivity index (χ1) is 11.8. The summed E-state index contributed by atoms with van der Waals surface area (Å²) in [5.41, 5.74) is 1.55. The summed E-state index contributed by atoms with van der Waals surface area (Å²) in [6.45, 7) is 1.50. The number of nitrogens with one attached hydrogen (secondary N) is 1. The molecule has 3 aromatic rings. The number of aromatic nitrogens is 4. The molecule has 0 aliphatic carbocycles. The topological polar surface area (TPSA) is 87.9 Å². The molecule has 1 aliphatic rings. The zero-order valence-electron chi connectivity index (χ0n) is 13.1. The summed E-state index contributed by atoms with van der Waals surface area (Å²) in [6, 6.07) is 5.47. The number of pyridine rings is 1. The highest BCUT2D eigenvalue weighted by Gasteiger charge is 2.28. The van der Waals surface area contributed by atoms with E-state index in [2.05, 4.69) is 20.2 Å². The summed E-state index contributed by atoms with van der Waals surface area (Å²) in [7, 11) is 0. The molecular formula is C17H17N5O2. The van der Waals surface area contributed by atoms with Crippen LogP contribution in [0.2, 0.25) is 0 Å². The van der Waals surface area contributed by atoms with Crippen LogP contribution >= 0.6 is 0 Å². The van der Waals surface area contributed by atoms with E-state index in [4.69, 9.17) is 4.42 Å². The lowest BCUT2D eigenvalue weighted by Gasteiger charge is -2.15. The zero-order valence-corrected chi connectivity index (χ0v) is 13.1. The Kier molecular flexibility index (Phi) is 3.82. The van der Waals surface area contributed by atoms with Gasteiger partial charge in [0.05, 0.1) is 11.8 Å². The lowest BCUT2D eigenvalue weighted by atomic mass is 10.1. The fourth-order valence-corrected chi connectivity index (χ4v) is 3.04. The minimum absolute atomic E-state index is 0.0290. The Bertz CT molecular complexity index is 813. The van der Waals surface area contributed by atoms with Crippen LogP contribution in [-0.4, -0.2) is 44.1 Å². The molecule has 7 nitrogen and oxygen atoms in total. The van der Waals surface area contributed by atoms with Crippen molar-refractivity contribution >= 4 is 5.91 Å². The maximum atomic E-state index is 12.3. The Hall–Kier alpha value is -2.96. The van der Waals surface area contributed by atoms with Crippen molar-refractivity contribution in [2.75, 3.05) is 13.1 Å². The molecule has 0 bridgehead atoms. The van der Waals surface area contributed by atoms with Crippen molar-refractivity contribution in [1.29, 1.82) is 0 Å². The van der Waals surface area contributed by atoms with Crippen LogP contribution in [0.15, 0.2) is 47.5 Å². The van der Waals surface area contributed by atoms with Gasteiger partial charge in [-0.3, -0.25) is 14.9 Å². The Morgan fingerprint density at radius 2 is 2.21 bits per heavy atom. The molecule has 24 heavy (non-hydrogen) atoms. The molecule has 0 spiro atoms. The lowest BCUT2D eigenvalue weighted by molar-refractivity contribution is 0.0786. The molecule has 7 heteroatoms. The first kappa shape index (κ1) is 14.6. The minimum Gasteiger partial charge on any atom is -0.472 e. The molecule has 0 aromatic carbocycles. The van der Waals surface area contributed by atoms with Crippen molar-refractivity contribution in [2.45, 2.75) is 12.8 Å². The number of likely N-dealkylation sites (tertiary alicyclic amines) is 1. The van der Waals surface area contributed by atoms with Gasteiger partial charge in [-0.2, -0.15) is 5.10 Å². The smallest absolute Gasteiger partial charge is 0.257 e. The van der Waals surface area contributed by atoms with Gasteiger partial charge in [0.1, 0.15) is 12.1 Å². The normalized spacial score (nSPS) is 17.3. The Labute approximate surface area is 138 Å². The van der Waals surface area contributed by atoms with Crippen LogP contribution in [0.5, 0.6) is 0 Å². The fraction of sp³-hybridized carbons (Fsp3) is 0.294. The highest BCUT2D eigenvalue weighted by Crippen LogP contribution is 2.22. The van der Waals surface area contributed by atoms with Gasteiger partial charge >= 0.3 is 0 Å². The molecule has 1 unspecified atom stereocenters. The number of carbonyl (C=O) groups is 1. The van der Waals surface area contributed by atoms with Crippen molar-refractivity contribution in [3.05, 3.63) is 54.5 Å². The predicted molar refractivity (Wildman–Crippen MR) is 86.0 cm³/mol. The third-order valence-electron chi connectivity index (χ3n) is 4.29. The first-order valence-electron chi connectivity index (χ1n) is 7.93. The molecule has 122 valence electrons. The molecule has 1 fully saturated rings. The molecule has 1 aliphatic heterocycles. The molecule has 4 rings (SSSR count). The van der Waals surface area contributed by atoms with Gasteiger partial charge in [0.2, 0.25) is 0 Å². The second-order valence-electron chi connectivity index (χ2n) is 5.96. The first-order valence-corrected chi connectivity index (χ1v) is 7.93. The van der Waals surface area contributed by atoms with E-state index < -0.39 is 0 Å². The van der Waals surface area contributed by atoms with Crippen LogP contribution in [0.4, 0.5) is 0 Å². The van der Waals surface area contributed by atoms with E-state index in [9.17, 15) is 4.79 Å². The van der Waals surface area contributed by atoms with Gasteiger partial charge in [-0.25, -0.2) is 4.98 Å². The molecular weight excluding hydrogens is 306 g/mol. The third kappa shape index (κ3) is 2.92. The largest absolute Gasteiger partial charge is 0.472 e. The number of carbonyl (C=O) groups excluding carboxylic acids is 1. The third-order valence-corrected chi connectivity index (χ3v) is 4.29. The summed E-state index contributed by atoms with van der Waals surface area (Å²) >= 11 is 0. The van der Waals surface area contributed by atoms with Gasteiger partial charge in [0.25, 0.3) is 5.91 Å².